The molecule has 0 bridgehead atoms. The van der Waals surface area contributed by atoms with E-state index < -0.39 is 0 Å². The summed E-state index contributed by atoms with van der Waals surface area (Å²) < 4.78 is 11.7. The molecule has 0 saturated heterocycles. The van der Waals surface area contributed by atoms with Gasteiger partial charge in [0.05, 0.1) is 27.8 Å². The highest BCUT2D eigenvalue weighted by molar-refractivity contribution is 6.20. The van der Waals surface area contributed by atoms with Crippen LogP contribution in [0, 0.1) is 0 Å². The molecule has 0 spiro atoms. The van der Waals surface area contributed by atoms with Crippen molar-refractivity contribution in [2.45, 2.75) is 0 Å². The summed E-state index contributed by atoms with van der Waals surface area (Å²) >= 11 is 0. The fourth-order valence-corrected chi connectivity index (χ4v) is 8.65. The van der Waals surface area contributed by atoms with Crippen LogP contribution in [-0.2, 0) is 0 Å². The zero-order chi connectivity index (χ0) is 37.5. The molecule has 4 aromatic heterocycles. The lowest BCUT2D eigenvalue weighted by atomic mass is 10.0. The Morgan fingerprint density at radius 1 is 0.368 bits per heavy atom. The van der Waals surface area contributed by atoms with E-state index in [2.05, 4.69) is 124 Å². The summed E-state index contributed by atoms with van der Waals surface area (Å²) in [6, 6.07) is 65.5. The minimum Gasteiger partial charge on any atom is -0.454 e. The Morgan fingerprint density at radius 2 is 0.860 bits per heavy atom. The van der Waals surface area contributed by atoms with Crippen LogP contribution < -0.4 is 0 Å². The van der Waals surface area contributed by atoms with Crippen LogP contribution in [0.1, 0.15) is 0 Å². The van der Waals surface area contributed by atoms with Crippen LogP contribution in [0.25, 0.3) is 111 Å². The molecule has 0 radical (unpaired) electrons. The SMILES string of the molecule is c1ccc(-c2nc(-c3ccccc3)nc(-c3ccc(-n4c5ccccc5c5cc6c(cc54)c4ccccc4n6-c4ccccc4)c4oc5ccccc5c34)n2)cc1. The number of rotatable bonds is 5. The molecule has 6 nitrogen and oxygen atoms in total. The molecule has 0 fully saturated rings. The van der Waals surface area contributed by atoms with Crippen molar-refractivity contribution in [3.8, 4) is 45.5 Å². The van der Waals surface area contributed by atoms with E-state index in [1.165, 1.54) is 32.6 Å². The third-order valence-corrected chi connectivity index (χ3v) is 11.2. The third-order valence-electron chi connectivity index (χ3n) is 11.2. The lowest BCUT2D eigenvalue weighted by Crippen LogP contribution is -2.01. The van der Waals surface area contributed by atoms with Gasteiger partial charge in [-0.2, -0.15) is 0 Å². The number of para-hydroxylation sites is 4. The van der Waals surface area contributed by atoms with E-state index in [-0.39, 0.29) is 0 Å². The van der Waals surface area contributed by atoms with Crippen LogP contribution in [0.2, 0.25) is 0 Å². The number of nitrogens with zero attached hydrogens (tertiary/aromatic N) is 5. The van der Waals surface area contributed by atoms with Gasteiger partial charge in [-0.25, -0.2) is 15.0 Å². The van der Waals surface area contributed by atoms with Crippen molar-refractivity contribution in [2.24, 2.45) is 0 Å². The number of aromatic nitrogens is 5. The summed E-state index contributed by atoms with van der Waals surface area (Å²) in [6.45, 7) is 0. The van der Waals surface area contributed by atoms with E-state index in [0.29, 0.717) is 17.5 Å². The number of fused-ring (bicyclic) bond motifs is 9. The summed E-state index contributed by atoms with van der Waals surface area (Å²) in [5.41, 5.74) is 10.9. The zero-order valence-corrected chi connectivity index (χ0v) is 30.5. The number of hydrogen-bond acceptors (Lipinski definition) is 4. The highest BCUT2D eigenvalue weighted by Crippen LogP contribution is 2.44. The van der Waals surface area contributed by atoms with Crippen LogP contribution in [-0.4, -0.2) is 24.1 Å². The molecule has 0 aliphatic heterocycles. The van der Waals surface area contributed by atoms with Gasteiger partial charge in [0.15, 0.2) is 23.1 Å². The van der Waals surface area contributed by atoms with Gasteiger partial charge in [0.25, 0.3) is 0 Å². The third kappa shape index (κ3) is 4.81. The highest BCUT2D eigenvalue weighted by Gasteiger charge is 2.24. The molecule has 266 valence electrons. The molecule has 8 aromatic carbocycles. The zero-order valence-electron chi connectivity index (χ0n) is 30.5. The fourth-order valence-electron chi connectivity index (χ4n) is 8.65. The maximum Gasteiger partial charge on any atom is 0.164 e. The second kappa shape index (κ2) is 12.3. The fraction of sp³-hybridized carbons (Fsp3) is 0. The predicted molar refractivity (Wildman–Crippen MR) is 232 cm³/mol. The van der Waals surface area contributed by atoms with Crippen molar-refractivity contribution in [1.82, 2.24) is 24.1 Å². The van der Waals surface area contributed by atoms with Gasteiger partial charge in [-0.1, -0.05) is 133 Å². The topological polar surface area (TPSA) is 61.7 Å². The van der Waals surface area contributed by atoms with Gasteiger partial charge in [-0.3, -0.25) is 0 Å². The van der Waals surface area contributed by atoms with Gasteiger partial charge in [0.2, 0.25) is 0 Å². The van der Waals surface area contributed by atoms with Crippen molar-refractivity contribution in [3.63, 3.8) is 0 Å². The largest absolute Gasteiger partial charge is 0.454 e. The second-order valence-corrected chi connectivity index (χ2v) is 14.4. The molecule has 0 amide bonds. The van der Waals surface area contributed by atoms with E-state index in [1.54, 1.807) is 0 Å². The molecule has 4 heterocycles. The Bertz CT molecular complexity index is 3450. The first kappa shape index (κ1) is 31.5. The molecule has 57 heavy (non-hydrogen) atoms. The summed E-state index contributed by atoms with van der Waals surface area (Å²) in [7, 11) is 0. The summed E-state index contributed by atoms with van der Waals surface area (Å²) in [6.07, 6.45) is 0. The van der Waals surface area contributed by atoms with Crippen LogP contribution in [0.15, 0.2) is 192 Å². The van der Waals surface area contributed by atoms with Crippen LogP contribution >= 0.6 is 0 Å². The maximum atomic E-state index is 6.92. The second-order valence-electron chi connectivity index (χ2n) is 14.4. The molecule has 6 heteroatoms. The molecular weight excluding hydrogens is 699 g/mol. The molecule has 0 atom stereocenters. The summed E-state index contributed by atoms with van der Waals surface area (Å²) in [4.78, 5) is 15.3. The van der Waals surface area contributed by atoms with Crippen molar-refractivity contribution in [2.75, 3.05) is 0 Å². The van der Waals surface area contributed by atoms with E-state index in [0.717, 1.165) is 61.0 Å². The standard InChI is InChI=1S/C51H31N5O/c1-4-16-32(17-5-1)49-52-50(33-18-6-2-7-19-33)54-51(53-49)38-28-29-43(48-47(38)37-24-12-15-27-46(37)57-48)56-42-26-14-11-23-36(42)40-30-44-39(31-45(40)56)35-22-10-13-25-41(35)55(44)34-20-8-3-9-21-34/h1-31H. The van der Waals surface area contributed by atoms with Crippen molar-refractivity contribution >= 4 is 65.6 Å². The van der Waals surface area contributed by atoms with E-state index in [4.69, 9.17) is 19.4 Å². The van der Waals surface area contributed by atoms with E-state index in [1.807, 2.05) is 72.8 Å². The number of hydrogen-bond donors (Lipinski definition) is 0. The highest BCUT2D eigenvalue weighted by atomic mass is 16.3. The van der Waals surface area contributed by atoms with Crippen molar-refractivity contribution < 1.29 is 4.42 Å². The molecule has 12 aromatic rings. The quantitative estimate of drug-likeness (QED) is 0.177. The average molecular weight is 730 g/mol. The first-order valence-electron chi connectivity index (χ1n) is 19.1. The molecule has 0 N–H and O–H groups in total. The van der Waals surface area contributed by atoms with Gasteiger partial charge in [0.1, 0.15) is 5.58 Å². The molecule has 0 saturated carbocycles. The molecule has 12 rings (SSSR count). The number of furan rings is 1. The average Bonchev–Trinajstić information content (AvgIpc) is 3.94. The minimum absolute atomic E-state index is 0.587. The smallest absolute Gasteiger partial charge is 0.164 e. The number of benzene rings is 8. The Labute approximate surface area is 326 Å². The predicted octanol–water partition coefficient (Wildman–Crippen LogP) is 13.0. The molecular formula is C51H31N5O. The van der Waals surface area contributed by atoms with Crippen LogP contribution in [0.5, 0.6) is 0 Å². The van der Waals surface area contributed by atoms with E-state index in [9.17, 15) is 0 Å². The molecule has 0 aliphatic rings. The minimum atomic E-state index is 0.587. The lowest BCUT2D eigenvalue weighted by molar-refractivity contribution is 0.666. The van der Waals surface area contributed by atoms with Crippen molar-refractivity contribution in [3.05, 3.63) is 188 Å². The van der Waals surface area contributed by atoms with Gasteiger partial charge in [-0.05, 0) is 54.6 Å². The Kier molecular flexibility index (Phi) is 6.83. The van der Waals surface area contributed by atoms with Gasteiger partial charge >= 0.3 is 0 Å². The normalized spacial score (nSPS) is 11.9. The maximum absolute atomic E-state index is 6.92. The van der Waals surface area contributed by atoms with Crippen molar-refractivity contribution in [1.29, 1.82) is 0 Å². The Balaban J connectivity index is 1.16. The monoisotopic (exact) mass is 729 g/mol. The first-order valence-corrected chi connectivity index (χ1v) is 19.1. The van der Waals surface area contributed by atoms with E-state index >= 15 is 0 Å². The summed E-state index contributed by atoms with van der Waals surface area (Å²) in [5, 5.41) is 6.70. The van der Waals surface area contributed by atoms with Crippen LogP contribution in [0.4, 0.5) is 0 Å². The first-order chi connectivity index (χ1) is 28.3. The van der Waals surface area contributed by atoms with Gasteiger partial charge in [0, 0.05) is 54.7 Å². The van der Waals surface area contributed by atoms with Gasteiger partial charge in [-0.15, -0.1) is 0 Å². The Hall–Kier alpha value is -7.83. The Morgan fingerprint density at radius 3 is 1.49 bits per heavy atom. The summed E-state index contributed by atoms with van der Waals surface area (Å²) in [5.74, 6) is 1.82. The van der Waals surface area contributed by atoms with Crippen LogP contribution in [0.3, 0.4) is 0 Å². The lowest BCUT2D eigenvalue weighted by Gasteiger charge is -2.13. The molecule has 0 unspecified atom stereocenters. The van der Waals surface area contributed by atoms with Gasteiger partial charge < -0.3 is 13.6 Å². The molecule has 0 aliphatic carbocycles.